The summed E-state index contributed by atoms with van der Waals surface area (Å²) in [4.78, 5) is 28.8. The van der Waals surface area contributed by atoms with Crippen LogP contribution in [0.2, 0.25) is 0 Å². The zero-order chi connectivity index (χ0) is 38.5. The summed E-state index contributed by atoms with van der Waals surface area (Å²) >= 11 is 0. The lowest BCUT2D eigenvalue weighted by molar-refractivity contribution is -0.129. The van der Waals surface area contributed by atoms with Crippen LogP contribution in [0.4, 0.5) is 5.69 Å². The molecule has 1 saturated heterocycles. The standard InChI is InChI=1S/C44H47N5O6/c1-5-26-53-29-39-41(38(45-47(39)4)28-55-33-20-18-32(19-21-33)49-24-22-48(23-25-49)30(2)50)37-15-9-14-35-36(43(44(51)52)46(3)42(35)37)16-10-27-54-40-17-8-12-31-11-6-7-13-34(31)40/h5-9,11-15,17-21H,1,10,16,22-29H2,2-4H3,(H,51,52). The molecule has 7 rings (SSSR count). The van der Waals surface area contributed by atoms with E-state index < -0.39 is 5.97 Å². The van der Waals surface area contributed by atoms with Crippen LogP contribution in [0.25, 0.3) is 32.8 Å². The Labute approximate surface area is 320 Å². The highest BCUT2D eigenvalue weighted by atomic mass is 16.5. The SMILES string of the molecule is C=CCOCc1c(-c2cccc3c(CCCOc4cccc5ccccc45)c(C(=O)O)n(C)c23)c(COc2ccc(N3CCN(C(C)=O)CC3)cc2)nn1C. The average molecular weight is 742 g/mol. The number of carboxylic acid groups (broad SMARTS) is 1. The molecule has 0 atom stereocenters. The van der Waals surface area contributed by atoms with Gasteiger partial charge in [0, 0.05) is 74.8 Å². The molecule has 4 aromatic carbocycles. The maximum Gasteiger partial charge on any atom is 0.352 e. The van der Waals surface area contributed by atoms with Crippen molar-refractivity contribution in [2.75, 3.05) is 44.3 Å². The van der Waals surface area contributed by atoms with Crippen molar-refractivity contribution in [1.82, 2.24) is 19.2 Å². The molecule has 0 saturated carbocycles. The molecule has 1 amide bonds. The molecule has 0 aliphatic carbocycles. The van der Waals surface area contributed by atoms with Crippen LogP contribution in [0.3, 0.4) is 0 Å². The van der Waals surface area contributed by atoms with Gasteiger partial charge in [0.05, 0.1) is 31.0 Å². The molecule has 0 unspecified atom stereocenters. The molecular weight excluding hydrogens is 695 g/mol. The van der Waals surface area contributed by atoms with Crippen LogP contribution >= 0.6 is 0 Å². The predicted octanol–water partition coefficient (Wildman–Crippen LogP) is 7.39. The minimum absolute atomic E-state index is 0.109. The molecule has 1 fully saturated rings. The first kappa shape index (κ1) is 37.3. The lowest BCUT2D eigenvalue weighted by Crippen LogP contribution is -2.48. The molecule has 11 heteroatoms. The van der Waals surface area contributed by atoms with Crippen molar-refractivity contribution in [3.63, 3.8) is 0 Å². The first-order chi connectivity index (χ1) is 26.7. The smallest absolute Gasteiger partial charge is 0.352 e. The van der Waals surface area contributed by atoms with E-state index in [-0.39, 0.29) is 24.8 Å². The van der Waals surface area contributed by atoms with Crippen LogP contribution in [-0.2, 0) is 43.3 Å². The summed E-state index contributed by atoms with van der Waals surface area (Å²) in [5.74, 6) is 0.639. The summed E-state index contributed by atoms with van der Waals surface area (Å²) in [6.45, 7) is 9.66. The van der Waals surface area contributed by atoms with Crippen molar-refractivity contribution in [2.45, 2.75) is 33.0 Å². The third kappa shape index (κ3) is 7.79. The van der Waals surface area contributed by atoms with E-state index in [0.29, 0.717) is 50.6 Å². The molecule has 1 N–H and O–H groups in total. The summed E-state index contributed by atoms with van der Waals surface area (Å²) < 4.78 is 22.1. The largest absolute Gasteiger partial charge is 0.493 e. The maximum atomic E-state index is 12.9. The predicted molar refractivity (Wildman–Crippen MR) is 215 cm³/mol. The van der Waals surface area contributed by atoms with Crippen LogP contribution in [0, 0.1) is 0 Å². The highest BCUT2D eigenvalue weighted by Crippen LogP contribution is 2.38. The quantitative estimate of drug-likeness (QED) is 0.0857. The van der Waals surface area contributed by atoms with Gasteiger partial charge in [0.25, 0.3) is 0 Å². The second-order valence-corrected chi connectivity index (χ2v) is 13.8. The van der Waals surface area contributed by atoms with Crippen LogP contribution in [0.1, 0.15) is 40.8 Å². The van der Waals surface area contributed by atoms with E-state index in [1.807, 2.05) is 96.5 Å². The van der Waals surface area contributed by atoms with Gasteiger partial charge >= 0.3 is 5.97 Å². The van der Waals surface area contributed by atoms with Gasteiger partial charge in [0.1, 0.15) is 29.5 Å². The van der Waals surface area contributed by atoms with Gasteiger partial charge in [-0.25, -0.2) is 4.79 Å². The third-order valence-electron chi connectivity index (χ3n) is 10.4. The van der Waals surface area contributed by atoms with Crippen LogP contribution in [-0.4, -0.2) is 75.6 Å². The summed E-state index contributed by atoms with van der Waals surface area (Å²) in [5, 5.41) is 18.5. The molecule has 11 nitrogen and oxygen atoms in total. The molecule has 0 radical (unpaired) electrons. The van der Waals surface area contributed by atoms with Crippen molar-refractivity contribution in [2.24, 2.45) is 14.1 Å². The number of carbonyl (C=O) groups is 2. The fourth-order valence-electron chi connectivity index (χ4n) is 7.69. The topological polar surface area (TPSA) is 111 Å². The van der Waals surface area contributed by atoms with Crippen molar-refractivity contribution < 1.29 is 28.9 Å². The average Bonchev–Trinajstić information content (AvgIpc) is 3.67. The highest BCUT2D eigenvalue weighted by Gasteiger charge is 2.27. The number of hydrogen-bond acceptors (Lipinski definition) is 7. The van der Waals surface area contributed by atoms with Gasteiger partial charge < -0.3 is 33.7 Å². The molecule has 0 spiro atoms. The fraction of sp³-hybridized carbons (Fsp3) is 0.295. The van der Waals surface area contributed by atoms with Gasteiger partial charge in [-0.15, -0.1) is 6.58 Å². The van der Waals surface area contributed by atoms with E-state index in [1.54, 1.807) is 17.6 Å². The monoisotopic (exact) mass is 741 g/mol. The number of fused-ring (bicyclic) bond motifs is 2. The Morgan fingerprint density at radius 2 is 1.60 bits per heavy atom. The molecule has 55 heavy (non-hydrogen) atoms. The van der Waals surface area contributed by atoms with E-state index in [1.165, 1.54) is 0 Å². The molecule has 6 aromatic rings. The van der Waals surface area contributed by atoms with Gasteiger partial charge in [0.2, 0.25) is 5.91 Å². The summed E-state index contributed by atoms with van der Waals surface area (Å²) in [5.41, 5.74) is 6.15. The molecular formula is C44H47N5O6. The number of nitrogens with zero attached hydrogens (tertiary/aromatic N) is 5. The van der Waals surface area contributed by atoms with E-state index in [9.17, 15) is 14.7 Å². The number of carboxylic acids is 1. The van der Waals surface area contributed by atoms with Crippen molar-refractivity contribution in [1.29, 1.82) is 0 Å². The number of rotatable bonds is 15. The van der Waals surface area contributed by atoms with Gasteiger partial charge in [0.15, 0.2) is 0 Å². The van der Waals surface area contributed by atoms with E-state index in [4.69, 9.17) is 19.3 Å². The number of para-hydroxylation sites is 1. The van der Waals surface area contributed by atoms with Gasteiger partial charge in [-0.3, -0.25) is 9.48 Å². The lowest BCUT2D eigenvalue weighted by atomic mass is 9.98. The number of carbonyl (C=O) groups excluding carboxylic acids is 1. The third-order valence-corrected chi connectivity index (χ3v) is 10.4. The molecule has 3 heterocycles. The van der Waals surface area contributed by atoms with Gasteiger partial charge in [-0.05, 0) is 54.1 Å². The van der Waals surface area contributed by atoms with Gasteiger partial charge in [-0.2, -0.15) is 5.10 Å². The Hall–Kier alpha value is -6.07. The fourth-order valence-corrected chi connectivity index (χ4v) is 7.69. The number of amides is 1. The number of ether oxygens (including phenoxy) is 3. The Morgan fingerprint density at radius 1 is 0.873 bits per heavy atom. The molecule has 2 aromatic heterocycles. The van der Waals surface area contributed by atoms with Crippen LogP contribution < -0.4 is 14.4 Å². The Balaban J connectivity index is 1.16. The van der Waals surface area contributed by atoms with E-state index in [0.717, 1.165) is 68.6 Å². The lowest BCUT2D eigenvalue weighted by Gasteiger charge is -2.35. The maximum absolute atomic E-state index is 12.9. The van der Waals surface area contributed by atoms with Crippen molar-refractivity contribution in [3.05, 3.63) is 120 Å². The second kappa shape index (κ2) is 16.5. The summed E-state index contributed by atoms with van der Waals surface area (Å²) in [7, 11) is 3.70. The second-order valence-electron chi connectivity index (χ2n) is 13.8. The number of anilines is 1. The van der Waals surface area contributed by atoms with Gasteiger partial charge in [-0.1, -0.05) is 60.7 Å². The minimum Gasteiger partial charge on any atom is -0.493 e. The number of benzene rings is 4. The molecule has 1 aliphatic heterocycles. The Morgan fingerprint density at radius 3 is 2.35 bits per heavy atom. The molecule has 284 valence electrons. The van der Waals surface area contributed by atoms with Crippen molar-refractivity contribution >= 4 is 39.2 Å². The molecule has 0 bridgehead atoms. The van der Waals surface area contributed by atoms with Crippen LogP contribution in [0.15, 0.2) is 97.6 Å². The number of aromatic nitrogens is 3. The number of hydrogen-bond donors (Lipinski definition) is 1. The number of aromatic carboxylic acids is 1. The van der Waals surface area contributed by atoms with Crippen LogP contribution in [0.5, 0.6) is 11.5 Å². The normalized spacial score (nSPS) is 13.1. The Kier molecular flexibility index (Phi) is 11.2. The number of piperazine rings is 1. The Bertz CT molecular complexity index is 2330. The zero-order valence-electron chi connectivity index (χ0n) is 31.7. The molecule has 1 aliphatic rings. The van der Waals surface area contributed by atoms with E-state index in [2.05, 4.69) is 23.6 Å². The summed E-state index contributed by atoms with van der Waals surface area (Å²) in [6.07, 6.45) is 2.86. The van der Waals surface area contributed by atoms with E-state index >= 15 is 0 Å². The first-order valence-corrected chi connectivity index (χ1v) is 18.7. The first-order valence-electron chi connectivity index (χ1n) is 18.7. The number of aryl methyl sites for hydroxylation is 3. The van der Waals surface area contributed by atoms with Crippen molar-refractivity contribution in [3.8, 4) is 22.6 Å². The zero-order valence-corrected chi connectivity index (χ0v) is 31.7. The highest BCUT2D eigenvalue weighted by molar-refractivity contribution is 6.04. The minimum atomic E-state index is -0.983. The summed E-state index contributed by atoms with van der Waals surface area (Å²) in [6, 6.07) is 28.1.